The lowest BCUT2D eigenvalue weighted by Crippen LogP contribution is -1.90. The van der Waals surface area contributed by atoms with Crippen molar-refractivity contribution in [3.8, 4) is 0 Å². The normalized spacial score (nSPS) is 10.8. The first-order valence-electron chi connectivity index (χ1n) is 2.99. The molecule has 0 saturated carbocycles. The van der Waals surface area contributed by atoms with E-state index < -0.39 is 0 Å². The van der Waals surface area contributed by atoms with Gasteiger partial charge in [-0.1, -0.05) is 6.07 Å². The summed E-state index contributed by atoms with van der Waals surface area (Å²) >= 11 is 0. The Bertz CT molecular complexity index is 316. The maximum atomic E-state index is 2.98. The molecule has 46 valence electrons. The number of benzene rings is 1. The second kappa shape index (κ2) is 1.41. The summed E-state index contributed by atoms with van der Waals surface area (Å²) in [5.41, 5.74) is 3.69. The van der Waals surface area contributed by atoms with Crippen LogP contribution in [0.5, 0.6) is 0 Å². The largest absolute Gasteiger partial charge is 0.299 e. The van der Waals surface area contributed by atoms with Crippen molar-refractivity contribution in [3.05, 3.63) is 23.8 Å². The number of aromatic nitrogens is 2. The fraction of sp³-hybridized carbons (Fsp3) is 0.143. The lowest BCUT2D eigenvalue weighted by molar-refractivity contribution is 1.07. The number of aryl methyl sites for hydroxylation is 1. The van der Waals surface area contributed by atoms with Crippen molar-refractivity contribution >= 4 is 11.0 Å². The monoisotopic (exact) mass is 120 g/mol. The Hall–Kier alpha value is -1.18. The molecule has 0 aliphatic rings. The van der Waals surface area contributed by atoms with Gasteiger partial charge in [0.15, 0.2) is 0 Å². The van der Waals surface area contributed by atoms with E-state index in [-0.39, 0.29) is 0 Å². The van der Waals surface area contributed by atoms with Gasteiger partial charge in [-0.2, -0.15) is 0 Å². The van der Waals surface area contributed by atoms with Crippen LogP contribution in [-0.4, -0.2) is 10.2 Å². The maximum Gasteiger partial charge on any atom is 0.0791 e. The molecule has 9 heavy (non-hydrogen) atoms. The van der Waals surface area contributed by atoms with E-state index in [1.54, 1.807) is 0 Å². The van der Waals surface area contributed by atoms with Gasteiger partial charge in [0.2, 0.25) is 0 Å². The van der Waals surface area contributed by atoms with Crippen LogP contribution in [0.4, 0.5) is 0 Å². The van der Waals surface area contributed by atoms with Gasteiger partial charge in [0.1, 0.15) is 0 Å². The number of H-pyrrole nitrogens is 2. The number of hydrogen-bond donors (Lipinski definition) is 2. The molecule has 2 rings (SSSR count). The minimum absolute atomic E-state index is 1.20. The highest BCUT2D eigenvalue weighted by atomic mass is 15.1. The second-order valence-electron chi connectivity index (χ2n) is 2.30. The number of rotatable bonds is 0. The summed E-state index contributed by atoms with van der Waals surface area (Å²) in [4.78, 5) is 0. The third kappa shape index (κ3) is 0.560. The fourth-order valence-electron chi connectivity index (χ4n) is 0.943. The lowest BCUT2D eigenvalue weighted by Gasteiger charge is -2.02. The van der Waals surface area contributed by atoms with E-state index in [0.717, 1.165) is 0 Å². The third-order valence-electron chi connectivity index (χ3n) is 1.51. The smallest absolute Gasteiger partial charge is 0.0791 e. The molecule has 2 nitrogen and oxygen atoms in total. The van der Waals surface area contributed by atoms with Crippen molar-refractivity contribution in [1.29, 1.82) is 0 Å². The van der Waals surface area contributed by atoms with Gasteiger partial charge in [0.05, 0.1) is 11.0 Å². The molecule has 2 aromatic rings. The van der Waals surface area contributed by atoms with Crippen LogP contribution in [-0.2, 0) is 0 Å². The number of hydrogen-bond acceptors (Lipinski definition) is 0. The SMILES string of the molecule is Cc1ccc2[nH][nH]c2c1. The first-order valence-corrected chi connectivity index (χ1v) is 2.99. The first-order chi connectivity index (χ1) is 4.36. The zero-order valence-corrected chi connectivity index (χ0v) is 5.23. The summed E-state index contributed by atoms with van der Waals surface area (Å²) in [7, 11) is 0. The molecule has 1 heterocycles. The van der Waals surface area contributed by atoms with E-state index >= 15 is 0 Å². The van der Waals surface area contributed by atoms with Gasteiger partial charge in [-0.25, -0.2) is 0 Å². The Labute approximate surface area is 52.9 Å². The highest BCUT2D eigenvalue weighted by Crippen LogP contribution is 2.10. The Morgan fingerprint density at radius 2 is 1.89 bits per heavy atom. The van der Waals surface area contributed by atoms with Crippen molar-refractivity contribution in [2.75, 3.05) is 0 Å². The van der Waals surface area contributed by atoms with Crippen LogP contribution in [0.15, 0.2) is 18.2 Å². The van der Waals surface area contributed by atoms with E-state index in [1.807, 2.05) is 0 Å². The van der Waals surface area contributed by atoms with Crippen LogP contribution in [0.3, 0.4) is 0 Å². The van der Waals surface area contributed by atoms with Crippen LogP contribution >= 0.6 is 0 Å². The predicted octanol–water partition coefficient (Wildman–Crippen LogP) is 1.80. The molecule has 0 radical (unpaired) electrons. The Morgan fingerprint density at radius 1 is 1.11 bits per heavy atom. The second-order valence-corrected chi connectivity index (χ2v) is 2.30. The molecule has 0 spiro atoms. The lowest BCUT2D eigenvalue weighted by atomic mass is 10.2. The Kier molecular flexibility index (Phi) is 0.730. The molecule has 0 aliphatic carbocycles. The quantitative estimate of drug-likeness (QED) is 0.531. The average Bonchev–Trinajstić information content (AvgIpc) is 1.78. The van der Waals surface area contributed by atoms with Crippen molar-refractivity contribution in [3.63, 3.8) is 0 Å². The summed E-state index contributed by atoms with van der Waals surface area (Å²) in [6.45, 7) is 2.08. The van der Waals surface area contributed by atoms with Gasteiger partial charge in [-0.15, -0.1) is 0 Å². The summed E-state index contributed by atoms with van der Waals surface area (Å²) in [6.07, 6.45) is 0. The molecule has 1 aromatic carbocycles. The molecular formula is C7H8N2. The summed E-state index contributed by atoms with van der Waals surface area (Å²) in [6, 6.07) is 6.28. The topological polar surface area (TPSA) is 31.6 Å². The summed E-state index contributed by atoms with van der Waals surface area (Å²) in [5.74, 6) is 0. The standard InChI is InChI=1S/C7H8N2/c1-5-2-3-6-7(4-5)9-8-6/h2-4,8-9H,1H3. The highest BCUT2D eigenvalue weighted by molar-refractivity contribution is 5.76. The molecule has 0 atom stereocenters. The molecule has 0 unspecified atom stereocenters. The summed E-state index contributed by atoms with van der Waals surface area (Å²) < 4.78 is 0. The van der Waals surface area contributed by atoms with E-state index in [1.165, 1.54) is 16.6 Å². The molecule has 2 N–H and O–H groups in total. The average molecular weight is 120 g/mol. The molecule has 0 aliphatic heterocycles. The number of fused-ring (bicyclic) bond motifs is 1. The highest BCUT2D eigenvalue weighted by Gasteiger charge is 1.93. The Morgan fingerprint density at radius 3 is 2.33 bits per heavy atom. The van der Waals surface area contributed by atoms with Gasteiger partial charge in [-0.05, 0) is 24.6 Å². The van der Waals surface area contributed by atoms with Crippen LogP contribution in [0.25, 0.3) is 11.0 Å². The van der Waals surface area contributed by atoms with Gasteiger partial charge in [0.25, 0.3) is 0 Å². The predicted molar refractivity (Wildman–Crippen MR) is 37.4 cm³/mol. The molecular weight excluding hydrogens is 112 g/mol. The number of aromatic amines is 2. The van der Waals surface area contributed by atoms with E-state index in [9.17, 15) is 0 Å². The van der Waals surface area contributed by atoms with E-state index in [0.29, 0.717) is 0 Å². The molecule has 2 heteroatoms. The minimum Gasteiger partial charge on any atom is -0.299 e. The summed E-state index contributed by atoms with van der Waals surface area (Å²) in [5, 5.41) is 5.95. The van der Waals surface area contributed by atoms with Gasteiger partial charge in [0, 0.05) is 0 Å². The maximum absolute atomic E-state index is 2.98. The molecule has 1 aromatic heterocycles. The zero-order valence-electron chi connectivity index (χ0n) is 5.23. The fourth-order valence-corrected chi connectivity index (χ4v) is 0.943. The van der Waals surface area contributed by atoms with Crippen LogP contribution < -0.4 is 0 Å². The molecule has 0 amide bonds. The van der Waals surface area contributed by atoms with Crippen LogP contribution in [0, 0.1) is 6.92 Å². The van der Waals surface area contributed by atoms with E-state index in [4.69, 9.17) is 0 Å². The van der Waals surface area contributed by atoms with E-state index in [2.05, 4.69) is 35.3 Å². The minimum atomic E-state index is 1.20. The van der Waals surface area contributed by atoms with Gasteiger partial charge >= 0.3 is 0 Å². The van der Waals surface area contributed by atoms with Crippen molar-refractivity contribution in [2.24, 2.45) is 0 Å². The molecule has 0 bridgehead atoms. The van der Waals surface area contributed by atoms with Crippen LogP contribution in [0.1, 0.15) is 5.56 Å². The molecule has 0 saturated heterocycles. The third-order valence-corrected chi connectivity index (χ3v) is 1.51. The van der Waals surface area contributed by atoms with Crippen molar-refractivity contribution in [2.45, 2.75) is 6.92 Å². The molecule has 0 fully saturated rings. The van der Waals surface area contributed by atoms with Gasteiger partial charge in [-0.3, -0.25) is 10.2 Å². The van der Waals surface area contributed by atoms with Crippen LogP contribution in [0.2, 0.25) is 0 Å². The first kappa shape index (κ1) is 4.68. The zero-order chi connectivity index (χ0) is 6.27. The van der Waals surface area contributed by atoms with Gasteiger partial charge < -0.3 is 0 Å². The van der Waals surface area contributed by atoms with Crippen molar-refractivity contribution < 1.29 is 0 Å². The number of nitrogens with one attached hydrogen (secondary N) is 2. The van der Waals surface area contributed by atoms with Crippen molar-refractivity contribution in [1.82, 2.24) is 10.2 Å². The Balaban J connectivity index is 2.78.